The van der Waals surface area contributed by atoms with E-state index in [1.54, 1.807) is 13.3 Å². The second kappa shape index (κ2) is 5.78. The molecule has 0 spiro atoms. The zero-order chi connectivity index (χ0) is 16.7. The molecule has 3 saturated heterocycles. The SMILES string of the molecule is COc1ccc(C(=O)N2C3CC2CN(c2ccnc(C)n2)C3)cc1. The van der Waals surface area contributed by atoms with Crippen molar-refractivity contribution in [2.24, 2.45) is 0 Å². The first kappa shape index (κ1) is 14.9. The summed E-state index contributed by atoms with van der Waals surface area (Å²) >= 11 is 0. The highest BCUT2D eigenvalue weighted by atomic mass is 16.5. The minimum absolute atomic E-state index is 0.109. The average Bonchev–Trinajstić information content (AvgIpc) is 2.62. The minimum atomic E-state index is 0.109. The van der Waals surface area contributed by atoms with Crippen LogP contribution in [0.2, 0.25) is 0 Å². The van der Waals surface area contributed by atoms with Crippen LogP contribution in [0.25, 0.3) is 0 Å². The number of nitrogens with zero attached hydrogens (tertiary/aromatic N) is 4. The number of piperazine rings is 1. The number of hydrogen-bond acceptors (Lipinski definition) is 5. The van der Waals surface area contributed by atoms with Gasteiger partial charge in [0, 0.05) is 24.8 Å². The van der Waals surface area contributed by atoms with Crippen LogP contribution in [0, 0.1) is 6.92 Å². The zero-order valence-electron chi connectivity index (χ0n) is 13.8. The molecule has 2 bridgehead atoms. The summed E-state index contributed by atoms with van der Waals surface area (Å²) in [5, 5.41) is 0. The van der Waals surface area contributed by atoms with Gasteiger partial charge in [-0.05, 0) is 43.7 Å². The van der Waals surface area contributed by atoms with E-state index in [0.717, 1.165) is 42.5 Å². The molecule has 3 aliphatic heterocycles. The van der Waals surface area contributed by atoms with Gasteiger partial charge >= 0.3 is 0 Å². The molecular weight excluding hydrogens is 304 g/mol. The van der Waals surface area contributed by atoms with Gasteiger partial charge in [0.15, 0.2) is 0 Å². The molecule has 0 saturated carbocycles. The summed E-state index contributed by atoms with van der Waals surface area (Å²) < 4.78 is 5.15. The normalized spacial score (nSPS) is 22.1. The van der Waals surface area contributed by atoms with Gasteiger partial charge in [0.05, 0.1) is 19.2 Å². The van der Waals surface area contributed by atoms with E-state index in [9.17, 15) is 4.79 Å². The summed E-state index contributed by atoms with van der Waals surface area (Å²) in [4.78, 5) is 25.7. The standard InChI is InChI=1S/C18H20N4O2/c1-12-19-8-7-17(20-12)21-10-14-9-15(11-21)22(14)18(23)13-3-5-16(24-2)6-4-13/h3-8,14-15H,9-11H2,1-2H3. The fraction of sp³-hybridized carbons (Fsp3) is 0.389. The molecule has 1 aromatic carbocycles. The molecule has 6 nitrogen and oxygen atoms in total. The lowest BCUT2D eigenvalue weighted by molar-refractivity contribution is 0.00575. The molecule has 2 aromatic rings. The molecule has 4 heterocycles. The fourth-order valence-electron chi connectivity index (χ4n) is 3.63. The number of fused-ring (bicyclic) bond motifs is 2. The van der Waals surface area contributed by atoms with Crippen molar-refractivity contribution >= 4 is 11.7 Å². The molecule has 3 aliphatic rings. The first-order valence-corrected chi connectivity index (χ1v) is 8.17. The summed E-state index contributed by atoms with van der Waals surface area (Å²) in [6.07, 6.45) is 2.86. The number of piperidine rings is 1. The molecule has 0 N–H and O–H groups in total. The van der Waals surface area contributed by atoms with E-state index in [4.69, 9.17) is 4.74 Å². The number of amides is 1. The monoisotopic (exact) mass is 324 g/mol. The van der Waals surface area contributed by atoms with E-state index < -0.39 is 0 Å². The number of ether oxygens (including phenoxy) is 1. The quantitative estimate of drug-likeness (QED) is 0.863. The van der Waals surface area contributed by atoms with Gasteiger partial charge in [-0.3, -0.25) is 4.79 Å². The number of methoxy groups -OCH3 is 1. The average molecular weight is 324 g/mol. The molecule has 124 valence electrons. The highest BCUT2D eigenvalue weighted by Gasteiger charge is 2.47. The van der Waals surface area contributed by atoms with Crippen molar-refractivity contribution in [3.8, 4) is 5.75 Å². The first-order valence-electron chi connectivity index (χ1n) is 8.17. The van der Waals surface area contributed by atoms with E-state index in [1.165, 1.54) is 0 Å². The van der Waals surface area contributed by atoms with Gasteiger partial charge in [-0.2, -0.15) is 0 Å². The summed E-state index contributed by atoms with van der Waals surface area (Å²) in [5.74, 6) is 2.60. The van der Waals surface area contributed by atoms with Crippen LogP contribution in [-0.2, 0) is 0 Å². The lowest BCUT2D eigenvalue weighted by Crippen LogP contribution is -2.70. The van der Waals surface area contributed by atoms with Crippen LogP contribution in [0.15, 0.2) is 36.5 Å². The second-order valence-electron chi connectivity index (χ2n) is 6.35. The number of rotatable bonds is 3. The second-order valence-corrected chi connectivity index (χ2v) is 6.35. The molecule has 5 rings (SSSR count). The number of hydrogen-bond donors (Lipinski definition) is 0. The molecular formula is C18H20N4O2. The predicted molar refractivity (Wildman–Crippen MR) is 90.3 cm³/mol. The highest BCUT2D eigenvalue weighted by Crippen LogP contribution is 2.35. The molecule has 0 aliphatic carbocycles. The number of aromatic nitrogens is 2. The molecule has 0 radical (unpaired) electrons. The van der Waals surface area contributed by atoms with Crippen molar-refractivity contribution in [2.45, 2.75) is 25.4 Å². The van der Waals surface area contributed by atoms with Crippen LogP contribution >= 0.6 is 0 Å². The van der Waals surface area contributed by atoms with Crippen molar-refractivity contribution < 1.29 is 9.53 Å². The van der Waals surface area contributed by atoms with Gasteiger partial charge in [0.25, 0.3) is 5.91 Å². The smallest absolute Gasteiger partial charge is 0.254 e. The maximum Gasteiger partial charge on any atom is 0.254 e. The van der Waals surface area contributed by atoms with Crippen LogP contribution in [-0.4, -0.2) is 53.1 Å². The van der Waals surface area contributed by atoms with Gasteiger partial charge in [-0.1, -0.05) is 0 Å². The number of carbonyl (C=O) groups excluding carboxylic acids is 1. The molecule has 1 aromatic heterocycles. The summed E-state index contributed by atoms with van der Waals surface area (Å²) in [6, 6.07) is 9.79. The molecule has 24 heavy (non-hydrogen) atoms. The van der Waals surface area contributed by atoms with Gasteiger partial charge in [0.2, 0.25) is 0 Å². The third-order valence-corrected chi connectivity index (χ3v) is 4.85. The van der Waals surface area contributed by atoms with Crippen LogP contribution in [0.3, 0.4) is 0 Å². The summed E-state index contributed by atoms with van der Waals surface area (Å²) in [7, 11) is 1.63. The minimum Gasteiger partial charge on any atom is -0.497 e. The third-order valence-electron chi connectivity index (χ3n) is 4.85. The Hall–Kier alpha value is -2.63. The van der Waals surface area contributed by atoms with Gasteiger partial charge in [0.1, 0.15) is 17.4 Å². The van der Waals surface area contributed by atoms with Crippen molar-refractivity contribution in [1.29, 1.82) is 0 Å². The molecule has 3 fully saturated rings. The number of benzene rings is 1. The maximum absolute atomic E-state index is 12.8. The third kappa shape index (κ3) is 2.48. The lowest BCUT2D eigenvalue weighted by atomic mass is 9.86. The zero-order valence-corrected chi connectivity index (χ0v) is 13.8. The van der Waals surface area contributed by atoms with Gasteiger partial charge in [-0.15, -0.1) is 0 Å². The van der Waals surface area contributed by atoms with Crippen LogP contribution in [0.5, 0.6) is 5.75 Å². The van der Waals surface area contributed by atoms with E-state index in [1.807, 2.05) is 42.2 Å². The highest BCUT2D eigenvalue weighted by molar-refractivity contribution is 5.95. The van der Waals surface area contributed by atoms with Crippen LogP contribution < -0.4 is 9.64 Å². The van der Waals surface area contributed by atoms with Crippen molar-refractivity contribution in [3.63, 3.8) is 0 Å². The van der Waals surface area contributed by atoms with Gasteiger partial charge < -0.3 is 14.5 Å². The van der Waals surface area contributed by atoms with E-state index >= 15 is 0 Å². The topological polar surface area (TPSA) is 58.6 Å². The lowest BCUT2D eigenvalue weighted by Gasteiger charge is -2.56. The Morgan fingerprint density at radius 2 is 1.88 bits per heavy atom. The first-order chi connectivity index (χ1) is 11.7. The van der Waals surface area contributed by atoms with E-state index in [-0.39, 0.29) is 18.0 Å². The Morgan fingerprint density at radius 1 is 1.17 bits per heavy atom. The summed E-state index contributed by atoms with van der Waals surface area (Å²) in [5.41, 5.74) is 0.719. The Morgan fingerprint density at radius 3 is 2.50 bits per heavy atom. The molecule has 1 amide bonds. The maximum atomic E-state index is 12.8. The van der Waals surface area contributed by atoms with Crippen molar-refractivity contribution in [3.05, 3.63) is 47.9 Å². The van der Waals surface area contributed by atoms with Gasteiger partial charge in [-0.25, -0.2) is 9.97 Å². The fourth-order valence-corrected chi connectivity index (χ4v) is 3.63. The van der Waals surface area contributed by atoms with E-state index in [2.05, 4.69) is 14.9 Å². The molecule has 6 heteroatoms. The number of aryl methyl sites for hydroxylation is 1. The Balaban J connectivity index is 1.47. The Labute approximate surface area is 141 Å². The summed E-state index contributed by atoms with van der Waals surface area (Å²) in [6.45, 7) is 3.55. The molecule has 2 atom stereocenters. The number of anilines is 1. The Bertz CT molecular complexity index is 750. The van der Waals surface area contributed by atoms with Crippen LogP contribution in [0.1, 0.15) is 22.6 Å². The van der Waals surface area contributed by atoms with E-state index in [0.29, 0.717) is 0 Å². The van der Waals surface area contributed by atoms with Crippen molar-refractivity contribution in [2.75, 3.05) is 25.1 Å². The van der Waals surface area contributed by atoms with Crippen molar-refractivity contribution in [1.82, 2.24) is 14.9 Å². The largest absolute Gasteiger partial charge is 0.497 e. The predicted octanol–water partition coefficient (Wildman–Crippen LogP) is 1.90. The Kier molecular flexibility index (Phi) is 3.59. The molecule has 2 unspecified atom stereocenters. The number of carbonyl (C=O) groups is 1. The van der Waals surface area contributed by atoms with Crippen LogP contribution in [0.4, 0.5) is 5.82 Å².